The number of carbonyl (C=O) groups excluding carboxylic acids is 2. The molecule has 0 saturated carbocycles. The van der Waals surface area contributed by atoms with Crippen molar-refractivity contribution >= 4 is 29.1 Å². The molecule has 1 unspecified atom stereocenters. The lowest BCUT2D eigenvalue weighted by atomic mass is 9.84. The molecule has 1 aliphatic carbocycles. The highest BCUT2D eigenvalue weighted by molar-refractivity contribution is 6.30. The standard InChI is InChI=1S/C36H41ClN4O5/c1-2-45-35(43)26-8-6-20-41(24-26)39-33(42)30-9-3-11-32-31(30)23-25(29-10-4-18-38-34(29)46-32)7-5-19-40-21-16-36(44,17-22-40)27-12-14-28(37)15-13-27/h3-4,7,9-15,18,23,26,30,44H,2,5-6,8,16-17,19-22,24H2,1H3,(H,39,42)/t26-,30?/m0/s1. The molecule has 3 aliphatic heterocycles. The molecule has 46 heavy (non-hydrogen) atoms. The van der Waals surface area contributed by atoms with Crippen LogP contribution in [0, 0.1) is 11.8 Å². The molecule has 2 aromatic rings. The van der Waals surface area contributed by atoms with Gasteiger partial charge in [-0.15, -0.1) is 0 Å². The molecule has 1 amide bonds. The maximum atomic E-state index is 13.7. The molecular weight excluding hydrogens is 604 g/mol. The zero-order valence-electron chi connectivity index (χ0n) is 26.2. The van der Waals surface area contributed by atoms with E-state index in [4.69, 9.17) is 21.1 Å². The molecule has 2 saturated heterocycles. The number of likely N-dealkylation sites (tertiary alicyclic amines) is 1. The number of ether oxygens (including phenoxy) is 2. The van der Waals surface area contributed by atoms with Crippen molar-refractivity contribution in [3.63, 3.8) is 0 Å². The van der Waals surface area contributed by atoms with E-state index in [9.17, 15) is 14.7 Å². The summed E-state index contributed by atoms with van der Waals surface area (Å²) in [4.78, 5) is 32.9. The molecule has 6 rings (SSSR count). The third-order valence-corrected chi connectivity index (χ3v) is 9.49. The Bertz CT molecular complexity index is 1560. The topological polar surface area (TPSA) is 104 Å². The highest BCUT2D eigenvalue weighted by atomic mass is 35.5. The van der Waals surface area contributed by atoms with Gasteiger partial charge in [-0.3, -0.25) is 15.0 Å². The fourth-order valence-electron chi connectivity index (χ4n) is 6.65. The van der Waals surface area contributed by atoms with Gasteiger partial charge in [-0.25, -0.2) is 9.99 Å². The Hall–Kier alpha value is -3.76. The summed E-state index contributed by atoms with van der Waals surface area (Å²) in [6.45, 7) is 5.66. The van der Waals surface area contributed by atoms with Crippen LogP contribution in [-0.2, 0) is 19.9 Å². The first-order chi connectivity index (χ1) is 22.3. The molecule has 9 nitrogen and oxygen atoms in total. The molecule has 0 spiro atoms. The number of rotatable bonds is 8. The molecular formula is C36H41ClN4O5. The van der Waals surface area contributed by atoms with E-state index in [2.05, 4.69) is 21.4 Å². The number of fused-ring (bicyclic) bond motifs is 2. The second-order valence-corrected chi connectivity index (χ2v) is 12.7. The summed E-state index contributed by atoms with van der Waals surface area (Å²) in [6, 6.07) is 11.4. The summed E-state index contributed by atoms with van der Waals surface area (Å²) in [5.74, 6) is -0.139. The highest BCUT2D eigenvalue weighted by Crippen LogP contribution is 2.38. The Morgan fingerprint density at radius 1 is 1.20 bits per heavy atom. The minimum Gasteiger partial charge on any atom is -0.466 e. The number of halogens is 1. The summed E-state index contributed by atoms with van der Waals surface area (Å²) < 4.78 is 11.5. The Labute approximate surface area is 275 Å². The predicted octanol–water partition coefficient (Wildman–Crippen LogP) is 5.19. The van der Waals surface area contributed by atoms with Gasteiger partial charge in [0.15, 0.2) is 0 Å². The van der Waals surface area contributed by atoms with E-state index in [-0.39, 0.29) is 17.8 Å². The van der Waals surface area contributed by atoms with Crippen LogP contribution in [0.15, 0.2) is 84.3 Å². The summed E-state index contributed by atoms with van der Waals surface area (Å²) in [5.41, 5.74) is 5.71. The summed E-state index contributed by atoms with van der Waals surface area (Å²) in [6.07, 6.45) is 15.2. The Morgan fingerprint density at radius 3 is 2.78 bits per heavy atom. The third-order valence-electron chi connectivity index (χ3n) is 9.24. The van der Waals surface area contributed by atoms with Gasteiger partial charge >= 0.3 is 5.97 Å². The predicted molar refractivity (Wildman–Crippen MR) is 176 cm³/mol. The lowest BCUT2D eigenvalue weighted by Gasteiger charge is -2.38. The fraction of sp³-hybridized carbons (Fsp3) is 0.417. The van der Waals surface area contributed by atoms with Crippen LogP contribution in [0.4, 0.5) is 0 Å². The van der Waals surface area contributed by atoms with E-state index in [1.165, 1.54) is 0 Å². The number of pyridine rings is 1. The Balaban J connectivity index is 1.15. The van der Waals surface area contributed by atoms with E-state index < -0.39 is 11.5 Å². The number of carbonyl (C=O) groups is 2. The van der Waals surface area contributed by atoms with Crippen molar-refractivity contribution in [2.24, 2.45) is 11.8 Å². The van der Waals surface area contributed by atoms with Crippen molar-refractivity contribution in [2.45, 2.75) is 44.6 Å². The van der Waals surface area contributed by atoms with Crippen molar-refractivity contribution in [1.29, 1.82) is 0 Å². The molecule has 10 heteroatoms. The number of aromatic nitrogens is 1. The molecule has 2 fully saturated rings. The molecule has 0 radical (unpaired) electrons. The molecule has 4 aliphatic rings. The summed E-state index contributed by atoms with van der Waals surface area (Å²) in [7, 11) is 0. The summed E-state index contributed by atoms with van der Waals surface area (Å²) in [5, 5.41) is 13.8. The number of aliphatic hydroxyl groups is 1. The Morgan fingerprint density at radius 2 is 2.00 bits per heavy atom. The zero-order valence-corrected chi connectivity index (χ0v) is 26.9. The number of benzene rings is 1. The molecule has 1 aromatic carbocycles. The van der Waals surface area contributed by atoms with E-state index >= 15 is 0 Å². The zero-order chi connectivity index (χ0) is 32.1. The second kappa shape index (κ2) is 14.3. The van der Waals surface area contributed by atoms with Gasteiger partial charge in [0, 0.05) is 55.1 Å². The summed E-state index contributed by atoms with van der Waals surface area (Å²) >= 11 is 6.05. The number of hydrazine groups is 1. The van der Waals surface area contributed by atoms with E-state index in [0.29, 0.717) is 49.2 Å². The van der Waals surface area contributed by atoms with E-state index in [1.54, 1.807) is 13.1 Å². The molecule has 0 bridgehead atoms. The minimum atomic E-state index is -0.839. The number of allylic oxidation sites excluding steroid dienone is 5. The fourth-order valence-corrected chi connectivity index (χ4v) is 6.78. The van der Waals surface area contributed by atoms with E-state index in [0.717, 1.165) is 61.2 Å². The number of nitrogens with zero attached hydrogens (tertiary/aromatic N) is 3. The van der Waals surface area contributed by atoms with Gasteiger partial charge < -0.3 is 19.5 Å². The highest BCUT2D eigenvalue weighted by Gasteiger charge is 2.35. The smallest absolute Gasteiger partial charge is 0.310 e. The van der Waals surface area contributed by atoms with Crippen LogP contribution >= 0.6 is 11.6 Å². The number of amides is 1. The molecule has 242 valence electrons. The largest absolute Gasteiger partial charge is 0.466 e. The number of hydrogen-bond donors (Lipinski definition) is 2. The van der Waals surface area contributed by atoms with Gasteiger partial charge in [0.1, 0.15) is 5.76 Å². The Kier molecular flexibility index (Phi) is 10.0. The van der Waals surface area contributed by atoms with Crippen LogP contribution < -0.4 is 10.2 Å². The van der Waals surface area contributed by atoms with Crippen LogP contribution in [-0.4, -0.2) is 71.2 Å². The van der Waals surface area contributed by atoms with Gasteiger partial charge in [0.2, 0.25) is 11.8 Å². The van der Waals surface area contributed by atoms with Crippen LogP contribution in [0.2, 0.25) is 5.02 Å². The van der Waals surface area contributed by atoms with Crippen LogP contribution in [0.25, 0.3) is 5.57 Å². The van der Waals surface area contributed by atoms with Gasteiger partial charge in [-0.2, -0.15) is 0 Å². The number of nitrogens with one attached hydrogen (secondary N) is 1. The minimum absolute atomic E-state index is 0.180. The van der Waals surface area contributed by atoms with Gasteiger partial charge in [-0.05, 0) is 86.6 Å². The third kappa shape index (κ3) is 7.28. The maximum Gasteiger partial charge on any atom is 0.310 e. The number of hydrogen-bond acceptors (Lipinski definition) is 8. The molecule has 1 aromatic heterocycles. The average molecular weight is 645 g/mol. The first-order valence-electron chi connectivity index (χ1n) is 16.2. The lowest BCUT2D eigenvalue weighted by molar-refractivity contribution is -0.151. The molecule has 4 heterocycles. The van der Waals surface area contributed by atoms with Crippen molar-refractivity contribution in [3.8, 4) is 5.88 Å². The first kappa shape index (κ1) is 32.2. The molecule has 2 atom stereocenters. The average Bonchev–Trinajstić information content (AvgIpc) is 3.22. The van der Waals surface area contributed by atoms with Crippen LogP contribution in [0.1, 0.15) is 50.2 Å². The van der Waals surface area contributed by atoms with Crippen molar-refractivity contribution in [3.05, 3.63) is 100 Å². The van der Waals surface area contributed by atoms with E-state index in [1.807, 2.05) is 65.7 Å². The maximum absolute atomic E-state index is 13.7. The normalized spacial score (nSPS) is 23.7. The SMILES string of the molecule is CCOC(=O)[C@H]1CCCN(NC(=O)C2C=CC=C3Oc4ncccc4C(=CCCN4CCC(O)(c5ccc(Cl)cc5)CC4)C=C32)C1. The molecule has 2 N–H and O–H groups in total. The lowest BCUT2D eigenvalue weighted by Crippen LogP contribution is -2.51. The van der Waals surface area contributed by atoms with Gasteiger partial charge in [-0.1, -0.05) is 42.0 Å². The van der Waals surface area contributed by atoms with Gasteiger partial charge in [0.25, 0.3) is 0 Å². The number of piperidine rings is 2. The van der Waals surface area contributed by atoms with Crippen molar-refractivity contribution in [2.75, 3.05) is 39.3 Å². The second-order valence-electron chi connectivity index (χ2n) is 12.3. The number of esters is 1. The van der Waals surface area contributed by atoms with Crippen molar-refractivity contribution < 1.29 is 24.2 Å². The van der Waals surface area contributed by atoms with Crippen LogP contribution in [0.3, 0.4) is 0 Å². The first-order valence-corrected chi connectivity index (χ1v) is 16.6. The van der Waals surface area contributed by atoms with Crippen LogP contribution in [0.5, 0.6) is 5.88 Å². The van der Waals surface area contributed by atoms with Crippen molar-refractivity contribution in [1.82, 2.24) is 20.3 Å². The van der Waals surface area contributed by atoms with Gasteiger partial charge in [0.05, 0.1) is 24.0 Å². The monoisotopic (exact) mass is 644 g/mol. The quantitative estimate of drug-likeness (QED) is 0.379.